The van der Waals surface area contributed by atoms with E-state index in [4.69, 9.17) is 9.41 Å². The van der Waals surface area contributed by atoms with Crippen LogP contribution < -0.4 is 10.6 Å². The van der Waals surface area contributed by atoms with Gasteiger partial charge in [0.2, 0.25) is 10.0 Å². The Morgan fingerprint density at radius 1 is 1.14 bits per heavy atom. The molecule has 1 aromatic heterocycles. The molecule has 1 saturated heterocycles. The van der Waals surface area contributed by atoms with Crippen LogP contribution in [0.3, 0.4) is 0 Å². The van der Waals surface area contributed by atoms with Crippen molar-refractivity contribution in [2.24, 2.45) is 10.9 Å². The molecule has 1 aromatic carbocycles. The van der Waals surface area contributed by atoms with Crippen LogP contribution in [0.15, 0.2) is 63.0 Å². The van der Waals surface area contributed by atoms with Gasteiger partial charge in [0.15, 0.2) is 5.96 Å². The van der Waals surface area contributed by atoms with Gasteiger partial charge < -0.3 is 15.1 Å². The van der Waals surface area contributed by atoms with Gasteiger partial charge in [-0.2, -0.15) is 4.31 Å². The lowest BCUT2D eigenvalue weighted by Crippen LogP contribution is -2.40. The Kier molecular flexibility index (Phi) is 7.71. The molecule has 3 rings (SSSR count). The molecule has 0 spiro atoms. The third kappa shape index (κ3) is 6.08. The molecule has 0 amide bonds. The fourth-order valence-electron chi connectivity index (χ4n) is 3.39. The van der Waals surface area contributed by atoms with E-state index < -0.39 is 10.0 Å². The lowest BCUT2D eigenvalue weighted by atomic mass is 9.98. The van der Waals surface area contributed by atoms with Crippen LogP contribution in [-0.4, -0.2) is 51.4 Å². The number of hydrogen-bond acceptors (Lipinski definition) is 4. The van der Waals surface area contributed by atoms with E-state index in [0.717, 1.165) is 44.1 Å². The molecule has 1 aliphatic rings. The largest absolute Gasteiger partial charge is 0.469 e. The lowest BCUT2D eigenvalue weighted by molar-refractivity contribution is 0.278. The van der Waals surface area contributed by atoms with Crippen molar-refractivity contribution in [3.8, 4) is 0 Å². The summed E-state index contributed by atoms with van der Waals surface area (Å²) in [6.07, 6.45) is 4.12. The number of nitrogens with zero attached hydrogens (tertiary/aromatic N) is 2. The smallest absolute Gasteiger partial charge is 0.243 e. The van der Waals surface area contributed by atoms with Gasteiger partial charge in [0, 0.05) is 39.1 Å². The highest BCUT2D eigenvalue weighted by Crippen LogP contribution is 2.23. The second kappa shape index (κ2) is 10.5. The summed E-state index contributed by atoms with van der Waals surface area (Å²) in [5.74, 6) is 2.12. The van der Waals surface area contributed by atoms with Crippen LogP contribution in [0.2, 0.25) is 0 Å². The number of guanidine groups is 1. The van der Waals surface area contributed by atoms with E-state index in [1.807, 2.05) is 25.1 Å². The summed E-state index contributed by atoms with van der Waals surface area (Å²) in [5.41, 5.74) is 0. The number of hydrogen-bond donors (Lipinski definition) is 2. The van der Waals surface area contributed by atoms with Crippen LogP contribution in [0.5, 0.6) is 0 Å². The third-order valence-electron chi connectivity index (χ3n) is 5.05. The molecule has 2 heterocycles. The Hall–Kier alpha value is -2.32. The van der Waals surface area contributed by atoms with Crippen molar-refractivity contribution >= 4 is 16.0 Å². The van der Waals surface area contributed by atoms with Crippen LogP contribution in [-0.2, 0) is 16.4 Å². The maximum Gasteiger partial charge on any atom is 0.243 e. The molecule has 0 saturated carbocycles. The van der Waals surface area contributed by atoms with Crippen molar-refractivity contribution < 1.29 is 12.8 Å². The van der Waals surface area contributed by atoms with Crippen molar-refractivity contribution in [1.29, 1.82) is 0 Å². The maximum absolute atomic E-state index is 12.7. The summed E-state index contributed by atoms with van der Waals surface area (Å²) >= 11 is 0. The van der Waals surface area contributed by atoms with E-state index in [0.29, 0.717) is 30.4 Å². The van der Waals surface area contributed by atoms with Gasteiger partial charge in [-0.3, -0.25) is 4.99 Å². The van der Waals surface area contributed by atoms with Gasteiger partial charge >= 0.3 is 0 Å². The summed E-state index contributed by atoms with van der Waals surface area (Å²) in [6.45, 7) is 5.35. The minimum Gasteiger partial charge on any atom is -0.469 e. The first-order valence-electron chi connectivity index (χ1n) is 10.2. The Labute approximate surface area is 173 Å². The molecular weight excluding hydrogens is 388 g/mol. The fraction of sp³-hybridized carbons (Fsp3) is 0.476. The first-order valence-corrected chi connectivity index (χ1v) is 11.6. The summed E-state index contributed by atoms with van der Waals surface area (Å²) in [5, 5.41) is 6.58. The van der Waals surface area contributed by atoms with Gasteiger partial charge in [-0.25, -0.2) is 8.42 Å². The summed E-state index contributed by atoms with van der Waals surface area (Å²) < 4.78 is 32.4. The summed E-state index contributed by atoms with van der Waals surface area (Å²) in [7, 11) is -3.39. The molecule has 2 aromatic rings. The first kappa shape index (κ1) is 21.4. The molecule has 0 radical (unpaired) electrons. The molecule has 2 N–H and O–H groups in total. The Balaban J connectivity index is 1.48. The molecule has 29 heavy (non-hydrogen) atoms. The van der Waals surface area contributed by atoms with E-state index in [-0.39, 0.29) is 0 Å². The molecule has 1 aliphatic heterocycles. The van der Waals surface area contributed by atoms with Crippen molar-refractivity contribution in [2.75, 3.05) is 32.7 Å². The molecule has 0 atom stereocenters. The van der Waals surface area contributed by atoms with Gasteiger partial charge in [0.1, 0.15) is 5.76 Å². The quantitative estimate of drug-likeness (QED) is 0.508. The lowest BCUT2D eigenvalue weighted by Gasteiger charge is -2.30. The first-order chi connectivity index (χ1) is 14.1. The molecular formula is C21H30N4O3S. The predicted octanol–water partition coefficient (Wildman–Crippen LogP) is 2.48. The highest BCUT2D eigenvalue weighted by Gasteiger charge is 2.29. The number of aliphatic imine (C=N–C) groups is 1. The number of furan rings is 1. The van der Waals surface area contributed by atoms with Crippen LogP contribution in [0, 0.1) is 5.92 Å². The number of rotatable bonds is 8. The average Bonchev–Trinajstić information content (AvgIpc) is 3.26. The minimum absolute atomic E-state index is 0.367. The standard InChI is InChI=1S/C21H30N4O3S/c1-2-22-21(23-13-10-19-7-6-16-28-19)24-17-18-11-14-25(15-12-18)29(26,27)20-8-4-3-5-9-20/h3-9,16,18H,2,10-15,17H2,1H3,(H2,22,23,24). The Morgan fingerprint density at radius 2 is 1.90 bits per heavy atom. The topological polar surface area (TPSA) is 86.9 Å². The van der Waals surface area contributed by atoms with Gasteiger partial charge in [-0.05, 0) is 49.9 Å². The highest BCUT2D eigenvalue weighted by molar-refractivity contribution is 7.89. The highest BCUT2D eigenvalue weighted by atomic mass is 32.2. The van der Waals surface area contributed by atoms with E-state index in [1.54, 1.807) is 34.8 Å². The number of nitrogens with one attached hydrogen (secondary N) is 2. The predicted molar refractivity (Wildman–Crippen MR) is 114 cm³/mol. The van der Waals surface area contributed by atoms with Gasteiger partial charge in [0.05, 0.1) is 11.2 Å². The maximum atomic E-state index is 12.7. The molecule has 0 aliphatic carbocycles. The second-order valence-electron chi connectivity index (χ2n) is 7.14. The van der Waals surface area contributed by atoms with Gasteiger partial charge in [0.25, 0.3) is 0 Å². The van der Waals surface area contributed by atoms with E-state index >= 15 is 0 Å². The zero-order valence-electron chi connectivity index (χ0n) is 16.9. The Bertz CT molecular complexity index is 859. The third-order valence-corrected chi connectivity index (χ3v) is 6.96. The molecule has 1 fully saturated rings. The summed E-state index contributed by atoms with van der Waals surface area (Å²) in [4.78, 5) is 5.06. The van der Waals surface area contributed by atoms with E-state index in [9.17, 15) is 8.42 Å². The van der Waals surface area contributed by atoms with Crippen molar-refractivity contribution in [3.63, 3.8) is 0 Å². The molecule has 7 nitrogen and oxygen atoms in total. The molecule has 0 unspecified atom stereocenters. The van der Waals surface area contributed by atoms with Crippen LogP contribution in [0.4, 0.5) is 0 Å². The monoisotopic (exact) mass is 418 g/mol. The Morgan fingerprint density at radius 3 is 2.55 bits per heavy atom. The van der Waals surface area contributed by atoms with Gasteiger partial charge in [-0.1, -0.05) is 18.2 Å². The SMILES string of the molecule is CCNC(=NCC1CCN(S(=O)(=O)c2ccccc2)CC1)NCCc1ccco1. The van der Waals surface area contributed by atoms with Gasteiger partial charge in [-0.15, -0.1) is 0 Å². The normalized spacial score (nSPS) is 16.7. The molecule has 158 valence electrons. The van der Waals surface area contributed by atoms with Crippen molar-refractivity contribution in [1.82, 2.24) is 14.9 Å². The van der Waals surface area contributed by atoms with Crippen LogP contribution in [0.1, 0.15) is 25.5 Å². The van der Waals surface area contributed by atoms with Crippen molar-refractivity contribution in [2.45, 2.75) is 31.1 Å². The van der Waals surface area contributed by atoms with Crippen LogP contribution >= 0.6 is 0 Å². The number of sulfonamides is 1. The number of benzene rings is 1. The number of piperidine rings is 1. The molecule has 0 bridgehead atoms. The molecule has 8 heteroatoms. The van der Waals surface area contributed by atoms with Crippen molar-refractivity contribution in [3.05, 3.63) is 54.5 Å². The zero-order chi connectivity index (χ0) is 20.5. The summed E-state index contributed by atoms with van der Waals surface area (Å²) in [6, 6.07) is 12.5. The van der Waals surface area contributed by atoms with Crippen LogP contribution in [0.25, 0.3) is 0 Å². The second-order valence-corrected chi connectivity index (χ2v) is 9.07. The van der Waals surface area contributed by atoms with E-state index in [2.05, 4.69) is 10.6 Å². The fourth-order valence-corrected chi connectivity index (χ4v) is 4.89. The average molecular weight is 419 g/mol. The minimum atomic E-state index is -3.39. The zero-order valence-corrected chi connectivity index (χ0v) is 17.7. The van der Waals surface area contributed by atoms with E-state index in [1.165, 1.54) is 0 Å².